The third kappa shape index (κ3) is 13.9. The van der Waals surface area contributed by atoms with E-state index in [0.717, 1.165) is 23.7 Å². The number of Topliss-reactive ketones (excluding diaryl/α,β-unsaturated/α-hetero) is 1. The van der Waals surface area contributed by atoms with E-state index in [0.29, 0.717) is 12.3 Å². The van der Waals surface area contributed by atoms with E-state index in [9.17, 15) is 18.0 Å². The zero-order chi connectivity index (χ0) is 28.4. The van der Waals surface area contributed by atoms with Crippen molar-refractivity contribution in [3.05, 3.63) is 29.8 Å². The van der Waals surface area contributed by atoms with Crippen molar-refractivity contribution in [3.63, 3.8) is 0 Å². The standard InChI is InChI=1S/C30H52N2O5S/c1-6-7-8-9-10-11-12-13-14-15-16-17-18-21-24-37-32(5)38(35,36)25-30(3,4)29(34)27-22-19-20-23-28(27)31-26(2)33/h19-20,22-23H,6-18,21,24-25H2,1-5H3,(H,31,33). The molecular formula is C30H52N2O5S. The molecule has 0 unspecified atom stereocenters. The summed E-state index contributed by atoms with van der Waals surface area (Å²) in [6.07, 6.45) is 17.6. The first-order chi connectivity index (χ1) is 18.0. The van der Waals surface area contributed by atoms with E-state index in [1.54, 1.807) is 38.1 Å². The molecule has 0 saturated carbocycles. The second kappa shape index (κ2) is 18.5. The molecule has 1 N–H and O–H groups in total. The van der Waals surface area contributed by atoms with Crippen LogP contribution in [0.25, 0.3) is 0 Å². The number of rotatable bonds is 22. The number of nitrogens with zero attached hydrogens (tertiary/aromatic N) is 1. The van der Waals surface area contributed by atoms with Gasteiger partial charge in [-0.1, -0.05) is 121 Å². The van der Waals surface area contributed by atoms with Gasteiger partial charge in [-0.3, -0.25) is 14.4 Å². The highest BCUT2D eigenvalue weighted by atomic mass is 32.2. The lowest BCUT2D eigenvalue weighted by atomic mass is 9.85. The van der Waals surface area contributed by atoms with Crippen molar-refractivity contribution >= 4 is 27.4 Å². The molecule has 0 aliphatic heterocycles. The number of carbonyl (C=O) groups excluding carboxylic acids is 2. The molecule has 0 bridgehead atoms. The summed E-state index contributed by atoms with van der Waals surface area (Å²) in [5.74, 6) is -1.05. The topological polar surface area (TPSA) is 92.8 Å². The average molecular weight is 553 g/mol. The molecule has 218 valence electrons. The molecule has 0 aliphatic carbocycles. The first-order valence-corrected chi connectivity index (χ1v) is 16.1. The summed E-state index contributed by atoms with van der Waals surface area (Å²) in [4.78, 5) is 30.2. The summed E-state index contributed by atoms with van der Waals surface area (Å²) in [5.41, 5.74) is -0.549. The van der Waals surface area contributed by atoms with Crippen LogP contribution in [0.4, 0.5) is 5.69 Å². The Morgan fingerprint density at radius 2 is 1.32 bits per heavy atom. The smallest absolute Gasteiger partial charge is 0.236 e. The van der Waals surface area contributed by atoms with Crippen molar-refractivity contribution in [3.8, 4) is 0 Å². The third-order valence-corrected chi connectivity index (χ3v) is 8.78. The van der Waals surface area contributed by atoms with Crippen molar-refractivity contribution < 1.29 is 22.8 Å². The van der Waals surface area contributed by atoms with Crippen molar-refractivity contribution in [2.45, 2.75) is 118 Å². The Bertz CT molecular complexity index is 930. The number of amides is 1. The van der Waals surface area contributed by atoms with Crippen LogP contribution in [0.5, 0.6) is 0 Å². The summed E-state index contributed by atoms with van der Waals surface area (Å²) in [6, 6.07) is 6.63. The van der Waals surface area contributed by atoms with E-state index in [4.69, 9.17) is 4.84 Å². The van der Waals surface area contributed by atoms with Crippen LogP contribution in [-0.4, -0.2) is 44.0 Å². The Kier molecular flexibility index (Phi) is 16.7. The van der Waals surface area contributed by atoms with Crippen LogP contribution in [0.3, 0.4) is 0 Å². The molecule has 0 aromatic heterocycles. The van der Waals surface area contributed by atoms with Gasteiger partial charge >= 0.3 is 0 Å². The maximum absolute atomic E-state index is 13.2. The fourth-order valence-electron chi connectivity index (χ4n) is 4.53. The second-order valence-electron chi connectivity index (χ2n) is 11.0. The van der Waals surface area contributed by atoms with Crippen LogP contribution in [0, 0.1) is 5.41 Å². The van der Waals surface area contributed by atoms with E-state index in [1.165, 1.54) is 84.6 Å². The van der Waals surface area contributed by atoms with Gasteiger partial charge in [-0.15, -0.1) is 0 Å². The molecule has 0 radical (unpaired) electrons. The predicted molar refractivity (Wildman–Crippen MR) is 157 cm³/mol. The van der Waals surface area contributed by atoms with Gasteiger partial charge in [0.2, 0.25) is 15.9 Å². The van der Waals surface area contributed by atoms with Gasteiger partial charge in [0.15, 0.2) is 5.78 Å². The number of hydrogen-bond donors (Lipinski definition) is 1. The number of unbranched alkanes of at least 4 members (excludes halogenated alkanes) is 13. The minimum atomic E-state index is -3.82. The van der Waals surface area contributed by atoms with E-state index in [-0.39, 0.29) is 17.3 Å². The molecule has 1 aromatic rings. The zero-order valence-corrected chi connectivity index (χ0v) is 25.3. The number of sulfonamides is 1. The molecule has 7 nitrogen and oxygen atoms in total. The molecule has 0 fully saturated rings. The summed E-state index contributed by atoms with van der Waals surface area (Å²) in [6.45, 7) is 7.13. The quantitative estimate of drug-likeness (QED) is 0.0912. The Labute approximate surface area is 232 Å². The van der Waals surface area contributed by atoms with E-state index < -0.39 is 21.2 Å². The van der Waals surface area contributed by atoms with E-state index in [1.807, 2.05) is 0 Å². The number of benzene rings is 1. The number of para-hydroxylation sites is 1. The second-order valence-corrected chi connectivity index (χ2v) is 13.0. The Hall–Kier alpha value is -1.77. The van der Waals surface area contributed by atoms with Gasteiger partial charge in [0.05, 0.1) is 18.0 Å². The summed E-state index contributed by atoms with van der Waals surface area (Å²) in [7, 11) is -2.44. The van der Waals surface area contributed by atoms with Gasteiger partial charge in [-0.25, -0.2) is 8.42 Å². The molecule has 1 aromatic carbocycles. The molecule has 0 spiro atoms. The van der Waals surface area contributed by atoms with Crippen molar-refractivity contribution in [1.82, 2.24) is 4.47 Å². The molecule has 0 heterocycles. The van der Waals surface area contributed by atoms with Gasteiger partial charge in [0.1, 0.15) is 0 Å². The van der Waals surface area contributed by atoms with Gasteiger partial charge in [0, 0.05) is 24.9 Å². The highest BCUT2D eigenvalue weighted by molar-refractivity contribution is 7.89. The highest BCUT2D eigenvalue weighted by Crippen LogP contribution is 2.29. The van der Waals surface area contributed by atoms with Crippen LogP contribution in [-0.2, 0) is 19.7 Å². The maximum atomic E-state index is 13.2. The van der Waals surface area contributed by atoms with Crippen LogP contribution in [0.15, 0.2) is 24.3 Å². The molecule has 8 heteroatoms. The minimum absolute atomic E-state index is 0.286. The normalized spacial score (nSPS) is 12.2. The van der Waals surface area contributed by atoms with Gasteiger partial charge in [-0.05, 0) is 18.6 Å². The first kappa shape index (κ1) is 34.3. The minimum Gasteiger partial charge on any atom is -0.326 e. The molecule has 0 saturated heterocycles. The van der Waals surface area contributed by atoms with Crippen LogP contribution >= 0.6 is 0 Å². The lowest BCUT2D eigenvalue weighted by molar-refractivity contribution is -0.114. The Morgan fingerprint density at radius 3 is 1.82 bits per heavy atom. The van der Waals surface area contributed by atoms with Crippen LogP contribution < -0.4 is 5.32 Å². The van der Waals surface area contributed by atoms with Crippen LogP contribution in [0.1, 0.15) is 128 Å². The fraction of sp³-hybridized carbons (Fsp3) is 0.733. The van der Waals surface area contributed by atoms with Crippen molar-refractivity contribution in [1.29, 1.82) is 0 Å². The highest BCUT2D eigenvalue weighted by Gasteiger charge is 2.37. The molecule has 0 atom stereocenters. The number of nitrogens with one attached hydrogen (secondary N) is 1. The summed E-state index contributed by atoms with van der Waals surface area (Å²) < 4.78 is 26.7. The predicted octanol–water partition coefficient (Wildman–Crippen LogP) is 7.53. The molecule has 1 amide bonds. The molecular weight excluding hydrogens is 500 g/mol. The van der Waals surface area contributed by atoms with Gasteiger partial charge < -0.3 is 5.32 Å². The molecule has 38 heavy (non-hydrogen) atoms. The number of hydroxylamine groups is 1. The van der Waals surface area contributed by atoms with E-state index >= 15 is 0 Å². The van der Waals surface area contributed by atoms with Crippen molar-refractivity contribution in [2.24, 2.45) is 5.41 Å². The molecule has 0 aliphatic rings. The monoisotopic (exact) mass is 552 g/mol. The summed E-state index contributed by atoms with van der Waals surface area (Å²) >= 11 is 0. The first-order valence-electron chi connectivity index (χ1n) is 14.5. The maximum Gasteiger partial charge on any atom is 0.236 e. The number of hydrogen-bond acceptors (Lipinski definition) is 5. The lowest BCUT2D eigenvalue weighted by Crippen LogP contribution is -2.39. The fourth-order valence-corrected chi connectivity index (χ4v) is 5.99. The van der Waals surface area contributed by atoms with Crippen LogP contribution in [0.2, 0.25) is 0 Å². The SMILES string of the molecule is CCCCCCCCCCCCCCCCON(C)S(=O)(=O)CC(C)(C)C(=O)c1ccccc1NC(C)=O. The van der Waals surface area contributed by atoms with Gasteiger partial charge in [-0.2, -0.15) is 0 Å². The number of carbonyl (C=O) groups is 2. The zero-order valence-electron chi connectivity index (χ0n) is 24.5. The Balaban J connectivity index is 2.30. The van der Waals surface area contributed by atoms with E-state index in [2.05, 4.69) is 12.2 Å². The lowest BCUT2D eigenvalue weighted by Gasteiger charge is -2.26. The Morgan fingerprint density at radius 1 is 0.842 bits per heavy atom. The van der Waals surface area contributed by atoms with Gasteiger partial charge in [0.25, 0.3) is 0 Å². The largest absolute Gasteiger partial charge is 0.326 e. The summed E-state index contributed by atoms with van der Waals surface area (Å²) in [5, 5.41) is 2.64. The molecule has 1 rings (SSSR count). The number of ketones is 1. The number of anilines is 1. The third-order valence-electron chi connectivity index (χ3n) is 6.80. The average Bonchev–Trinajstić information content (AvgIpc) is 2.85. The van der Waals surface area contributed by atoms with Crippen molar-refractivity contribution in [2.75, 3.05) is 24.7 Å².